The standard InChI is InChI=1S/C39H24N4S/c1-3-13-25(14-4-1)27-19-11-20-30-35-31(21-12-24-34(35)44-36(27)30)38-40-37(26-15-5-2-6-16-26)41-39(42-38)43-32-22-9-7-17-28(32)29-18-8-10-23-33(29)43/h1-24H/i1D,3D,4D,13D,14D. The average molecular weight is 586 g/mol. The molecule has 4 nitrogen and oxygen atoms in total. The zero-order chi connectivity index (χ0) is 33.4. The quantitative estimate of drug-likeness (QED) is 0.206. The van der Waals surface area contributed by atoms with Crippen LogP contribution in [-0.2, 0) is 0 Å². The van der Waals surface area contributed by atoms with Crippen LogP contribution in [-0.4, -0.2) is 19.5 Å². The van der Waals surface area contributed by atoms with Crippen LogP contribution in [0, 0.1) is 0 Å². The van der Waals surface area contributed by atoms with Crippen molar-refractivity contribution in [1.29, 1.82) is 0 Å². The van der Waals surface area contributed by atoms with Crippen LogP contribution in [0.25, 0.3) is 81.8 Å². The number of thiophene rings is 1. The SMILES string of the molecule is [2H]c1c([2H])c([2H])c(-c2cccc3c2sc2cccc(-c4nc(-c5ccccc5)nc(-n5c6ccccc6c6ccccc65)n4)c23)c([2H])c1[2H]. The van der Waals surface area contributed by atoms with Gasteiger partial charge in [-0.15, -0.1) is 11.3 Å². The third kappa shape index (κ3) is 3.87. The fourth-order valence-electron chi connectivity index (χ4n) is 6.06. The van der Waals surface area contributed by atoms with E-state index in [0.29, 0.717) is 23.2 Å². The Labute approximate surface area is 264 Å². The van der Waals surface area contributed by atoms with E-state index in [1.54, 1.807) is 0 Å². The first-order valence-corrected chi connectivity index (χ1v) is 15.0. The molecule has 0 unspecified atom stereocenters. The number of hydrogen-bond acceptors (Lipinski definition) is 4. The summed E-state index contributed by atoms with van der Waals surface area (Å²) in [5.41, 5.74) is 4.42. The predicted octanol–water partition coefficient (Wildman–Crippen LogP) is 10.3. The molecule has 6 aromatic carbocycles. The van der Waals surface area contributed by atoms with Gasteiger partial charge in [-0.25, -0.2) is 4.98 Å². The molecular formula is C39H24N4S. The molecule has 9 rings (SSSR count). The van der Waals surface area contributed by atoms with Crippen LogP contribution < -0.4 is 0 Å². The Morgan fingerprint density at radius 1 is 0.523 bits per heavy atom. The van der Waals surface area contributed by atoms with Gasteiger partial charge in [0.2, 0.25) is 5.95 Å². The molecule has 5 heteroatoms. The van der Waals surface area contributed by atoms with Crippen molar-refractivity contribution in [3.8, 4) is 39.9 Å². The summed E-state index contributed by atoms with van der Waals surface area (Å²) < 4.78 is 45.9. The molecule has 0 bridgehead atoms. The first kappa shape index (κ1) is 20.3. The minimum Gasteiger partial charge on any atom is -0.278 e. The Bertz CT molecular complexity index is 2710. The summed E-state index contributed by atoms with van der Waals surface area (Å²) in [6.07, 6.45) is 0. The molecule has 0 fully saturated rings. The normalized spacial score (nSPS) is 13.2. The molecule has 0 spiro atoms. The topological polar surface area (TPSA) is 43.6 Å². The summed E-state index contributed by atoms with van der Waals surface area (Å²) in [4.78, 5) is 15.3. The lowest BCUT2D eigenvalue weighted by Crippen LogP contribution is -2.06. The summed E-state index contributed by atoms with van der Waals surface area (Å²) in [5.74, 6) is 1.54. The number of aromatic nitrogens is 4. The van der Waals surface area contributed by atoms with Gasteiger partial charge in [-0.2, -0.15) is 9.97 Å². The summed E-state index contributed by atoms with van der Waals surface area (Å²) in [6.45, 7) is 0. The van der Waals surface area contributed by atoms with Gasteiger partial charge < -0.3 is 0 Å². The molecule has 0 amide bonds. The molecule has 44 heavy (non-hydrogen) atoms. The van der Waals surface area contributed by atoms with Crippen molar-refractivity contribution >= 4 is 53.3 Å². The maximum atomic E-state index is 8.67. The van der Waals surface area contributed by atoms with Gasteiger partial charge in [0.05, 0.1) is 17.9 Å². The number of para-hydroxylation sites is 2. The van der Waals surface area contributed by atoms with Crippen LogP contribution in [0.1, 0.15) is 6.85 Å². The lowest BCUT2D eigenvalue weighted by atomic mass is 10.0. The van der Waals surface area contributed by atoms with Crippen LogP contribution in [0.2, 0.25) is 0 Å². The fourth-order valence-corrected chi connectivity index (χ4v) is 7.30. The Kier molecular flexibility index (Phi) is 4.60. The lowest BCUT2D eigenvalue weighted by molar-refractivity contribution is 0.954. The second kappa shape index (κ2) is 9.97. The van der Waals surface area contributed by atoms with E-state index in [1.807, 2.05) is 91.0 Å². The Morgan fingerprint density at radius 2 is 1.16 bits per heavy atom. The highest BCUT2D eigenvalue weighted by atomic mass is 32.1. The van der Waals surface area contributed by atoms with E-state index in [-0.39, 0.29) is 29.7 Å². The van der Waals surface area contributed by atoms with Gasteiger partial charge in [0, 0.05) is 42.1 Å². The maximum absolute atomic E-state index is 8.67. The highest BCUT2D eigenvalue weighted by Gasteiger charge is 2.20. The predicted molar refractivity (Wildman–Crippen MR) is 183 cm³/mol. The van der Waals surface area contributed by atoms with Crippen LogP contribution in [0.4, 0.5) is 0 Å². The number of benzene rings is 6. The Balaban J connectivity index is 1.34. The zero-order valence-electron chi connectivity index (χ0n) is 28.2. The van der Waals surface area contributed by atoms with E-state index in [0.717, 1.165) is 53.1 Å². The van der Waals surface area contributed by atoms with Gasteiger partial charge >= 0.3 is 0 Å². The number of hydrogen-bond donors (Lipinski definition) is 0. The van der Waals surface area contributed by atoms with Gasteiger partial charge in [-0.1, -0.05) is 127 Å². The second-order valence-electron chi connectivity index (χ2n) is 10.5. The molecule has 0 saturated carbocycles. The van der Waals surface area contributed by atoms with Crippen molar-refractivity contribution in [1.82, 2.24) is 19.5 Å². The minimum absolute atomic E-state index is 0.185. The molecule has 0 aliphatic carbocycles. The van der Waals surface area contributed by atoms with Gasteiger partial charge in [-0.3, -0.25) is 4.57 Å². The molecular weight excluding hydrogens is 557 g/mol. The second-order valence-corrected chi connectivity index (χ2v) is 11.5. The van der Waals surface area contributed by atoms with E-state index >= 15 is 0 Å². The van der Waals surface area contributed by atoms with Crippen molar-refractivity contribution in [2.45, 2.75) is 0 Å². The number of fused-ring (bicyclic) bond motifs is 6. The van der Waals surface area contributed by atoms with Crippen LogP contribution >= 0.6 is 11.3 Å². The van der Waals surface area contributed by atoms with Gasteiger partial charge in [0.15, 0.2) is 11.6 Å². The summed E-state index contributed by atoms with van der Waals surface area (Å²) in [5, 5.41) is 4.02. The van der Waals surface area contributed by atoms with Crippen molar-refractivity contribution < 1.29 is 6.85 Å². The first-order valence-electron chi connectivity index (χ1n) is 16.7. The van der Waals surface area contributed by atoms with Gasteiger partial charge in [0.25, 0.3) is 0 Å². The molecule has 0 atom stereocenters. The van der Waals surface area contributed by atoms with E-state index < -0.39 is 6.04 Å². The molecule has 0 radical (unpaired) electrons. The van der Waals surface area contributed by atoms with E-state index in [4.69, 9.17) is 21.8 Å². The van der Waals surface area contributed by atoms with Gasteiger partial charge in [-0.05, 0) is 29.3 Å². The number of rotatable bonds is 4. The van der Waals surface area contributed by atoms with Crippen LogP contribution in [0.5, 0.6) is 0 Å². The Hall–Kier alpha value is -5.65. The summed E-state index contributed by atoms with van der Waals surface area (Å²) in [7, 11) is 0. The lowest BCUT2D eigenvalue weighted by Gasteiger charge is -2.11. The van der Waals surface area contributed by atoms with E-state index in [1.165, 1.54) is 11.3 Å². The molecule has 0 N–H and O–H groups in total. The van der Waals surface area contributed by atoms with E-state index in [2.05, 4.69) is 28.8 Å². The monoisotopic (exact) mass is 585 g/mol. The zero-order valence-corrected chi connectivity index (χ0v) is 24.0. The fraction of sp³-hybridized carbons (Fsp3) is 0. The summed E-state index contributed by atoms with van der Waals surface area (Å²) in [6, 6.07) is 36.5. The van der Waals surface area contributed by atoms with Crippen molar-refractivity contribution in [3.05, 3.63) is 145 Å². The van der Waals surface area contributed by atoms with Crippen molar-refractivity contribution in [2.24, 2.45) is 0 Å². The third-order valence-electron chi connectivity index (χ3n) is 7.97. The molecule has 3 aromatic heterocycles. The molecule has 3 heterocycles. The average Bonchev–Trinajstić information content (AvgIpc) is 3.70. The third-order valence-corrected chi connectivity index (χ3v) is 9.17. The smallest absolute Gasteiger partial charge is 0.238 e. The molecule has 0 aliphatic heterocycles. The molecule has 9 aromatic rings. The summed E-state index contributed by atoms with van der Waals surface area (Å²) >= 11 is 1.52. The molecule has 0 saturated heterocycles. The van der Waals surface area contributed by atoms with E-state index in [9.17, 15) is 0 Å². The first-order chi connectivity index (χ1) is 23.9. The van der Waals surface area contributed by atoms with Crippen molar-refractivity contribution in [2.75, 3.05) is 0 Å². The van der Waals surface area contributed by atoms with Gasteiger partial charge in [0.1, 0.15) is 0 Å². The number of nitrogens with zero attached hydrogens (tertiary/aromatic N) is 4. The molecule has 206 valence electrons. The molecule has 0 aliphatic rings. The van der Waals surface area contributed by atoms with Crippen LogP contribution in [0.15, 0.2) is 145 Å². The van der Waals surface area contributed by atoms with Crippen LogP contribution in [0.3, 0.4) is 0 Å². The Morgan fingerprint density at radius 3 is 1.93 bits per heavy atom. The highest BCUT2D eigenvalue weighted by molar-refractivity contribution is 7.26. The largest absolute Gasteiger partial charge is 0.278 e. The highest BCUT2D eigenvalue weighted by Crippen LogP contribution is 2.43. The maximum Gasteiger partial charge on any atom is 0.238 e. The van der Waals surface area contributed by atoms with Crippen molar-refractivity contribution in [3.63, 3.8) is 0 Å². The minimum atomic E-state index is -0.410.